The van der Waals surface area contributed by atoms with Gasteiger partial charge in [-0.05, 0) is 12.1 Å². The van der Waals surface area contributed by atoms with Gasteiger partial charge in [0.1, 0.15) is 11.9 Å². The molecule has 1 atom stereocenters. The van der Waals surface area contributed by atoms with Crippen molar-refractivity contribution in [3.63, 3.8) is 0 Å². The Bertz CT molecular complexity index is 862. The number of benzene rings is 1. The van der Waals surface area contributed by atoms with Gasteiger partial charge in [0.15, 0.2) is 0 Å². The molecule has 9 heteroatoms. The van der Waals surface area contributed by atoms with Gasteiger partial charge in [0, 0.05) is 50.2 Å². The fourth-order valence-corrected chi connectivity index (χ4v) is 3.10. The van der Waals surface area contributed by atoms with Gasteiger partial charge < -0.3 is 19.3 Å². The van der Waals surface area contributed by atoms with Crippen molar-refractivity contribution in [2.45, 2.75) is 6.04 Å². The largest absolute Gasteiger partial charge is 0.342 e. The van der Waals surface area contributed by atoms with E-state index in [9.17, 15) is 4.79 Å². The Morgan fingerprint density at radius 3 is 2.73 bits per heavy atom. The zero-order valence-electron chi connectivity index (χ0n) is 14.2. The van der Waals surface area contributed by atoms with Crippen molar-refractivity contribution in [3.8, 4) is 11.4 Å². The third-order valence-electron chi connectivity index (χ3n) is 4.41. The van der Waals surface area contributed by atoms with E-state index in [0.29, 0.717) is 24.5 Å². The molecule has 0 bridgehead atoms. The third-order valence-corrected chi connectivity index (χ3v) is 4.41. The van der Waals surface area contributed by atoms with Crippen LogP contribution in [-0.2, 0) is 7.05 Å². The van der Waals surface area contributed by atoms with Gasteiger partial charge in [0.2, 0.25) is 12.2 Å². The highest BCUT2D eigenvalue weighted by molar-refractivity contribution is 5.95. The molecule has 8 nitrogen and oxygen atoms in total. The highest BCUT2D eigenvalue weighted by Gasteiger charge is 2.31. The van der Waals surface area contributed by atoms with Crippen molar-refractivity contribution in [2.24, 2.45) is 7.05 Å². The molecule has 4 rings (SSSR count). The van der Waals surface area contributed by atoms with Crippen LogP contribution in [0.2, 0.25) is 0 Å². The van der Waals surface area contributed by atoms with Gasteiger partial charge in [-0.2, -0.15) is 4.98 Å². The quantitative estimate of drug-likeness (QED) is 0.750. The number of imidazole rings is 1. The van der Waals surface area contributed by atoms with Crippen molar-refractivity contribution in [2.75, 3.05) is 19.6 Å². The average Bonchev–Trinajstić information content (AvgIpc) is 3.33. The molecule has 0 radical (unpaired) electrons. The van der Waals surface area contributed by atoms with Crippen LogP contribution in [-0.4, -0.2) is 50.1 Å². The number of hydrogen-bond donors (Lipinski definition) is 1. The number of nitrogens with zero attached hydrogens (tertiary/aromatic N) is 5. The summed E-state index contributed by atoms with van der Waals surface area (Å²) < 4.78 is 6.71. The van der Waals surface area contributed by atoms with E-state index in [1.54, 1.807) is 18.3 Å². The fourth-order valence-electron chi connectivity index (χ4n) is 3.10. The van der Waals surface area contributed by atoms with Crippen LogP contribution in [0.4, 0.5) is 0 Å². The second kappa shape index (κ2) is 7.67. The lowest BCUT2D eigenvalue weighted by atomic mass is 10.1. The Hall–Kier alpha value is -2.71. The number of hydrogen-bond acceptors (Lipinski definition) is 6. The first-order valence-corrected chi connectivity index (χ1v) is 8.10. The summed E-state index contributed by atoms with van der Waals surface area (Å²) >= 11 is 0. The van der Waals surface area contributed by atoms with E-state index in [1.807, 2.05) is 34.8 Å². The molecule has 1 aliphatic rings. The van der Waals surface area contributed by atoms with Crippen molar-refractivity contribution in [3.05, 3.63) is 54.4 Å². The van der Waals surface area contributed by atoms with E-state index >= 15 is 0 Å². The van der Waals surface area contributed by atoms with Crippen LogP contribution in [0.15, 0.2) is 47.6 Å². The predicted octanol–water partition coefficient (Wildman–Crippen LogP) is 1.68. The van der Waals surface area contributed by atoms with E-state index < -0.39 is 0 Å². The van der Waals surface area contributed by atoms with Crippen LogP contribution in [0.5, 0.6) is 0 Å². The second-order valence-electron chi connectivity index (χ2n) is 5.95. The Balaban J connectivity index is 0.00000196. The van der Waals surface area contributed by atoms with Crippen LogP contribution in [0.3, 0.4) is 0 Å². The molecule has 26 heavy (non-hydrogen) atoms. The van der Waals surface area contributed by atoms with Gasteiger partial charge in [0.25, 0.3) is 5.91 Å². The predicted molar refractivity (Wildman–Crippen MR) is 96.8 cm³/mol. The second-order valence-corrected chi connectivity index (χ2v) is 5.95. The topological polar surface area (TPSA) is 89.1 Å². The molecule has 3 aromatic rings. The molecule has 1 N–H and O–H groups in total. The first-order chi connectivity index (χ1) is 12.2. The van der Waals surface area contributed by atoms with E-state index in [1.165, 1.54) is 6.39 Å². The maximum absolute atomic E-state index is 13.0. The normalized spacial score (nSPS) is 17.0. The zero-order chi connectivity index (χ0) is 17.2. The number of carbonyl (C=O) groups is 1. The van der Waals surface area contributed by atoms with Crippen molar-refractivity contribution >= 4 is 18.3 Å². The zero-order valence-corrected chi connectivity index (χ0v) is 15.0. The maximum Gasteiger partial charge on any atom is 0.254 e. The average molecular weight is 375 g/mol. The minimum absolute atomic E-state index is 0. The Kier molecular flexibility index (Phi) is 5.34. The number of aryl methyl sites for hydroxylation is 1. The first kappa shape index (κ1) is 18.1. The van der Waals surface area contributed by atoms with Gasteiger partial charge in [-0.15, -0.1) is 12.4 Å². The van der Waals surface area contributed by atoms with Crippen LogP contribution < -0.4 is 5.32 Å². The van der Waals surface area contributed by atoms with E-state index in [-0.39, 0.29) is 24.4 Å². The lowest BCUT2D eigenvalue weighted by Crippen LogP contribution is -2.49. The molecular formula is C17H19ClN6O2. The summed E-state index contributed by atoms with van der Waals surface area (Å²) in [6.45, 7) is 2.11. The van der Waals surface area contributed by atoms with Crippen LogP contribution in [0.1, 0.15) is 22.2 Å². The molecule has 1 fully saturated rings. The first-order valence-electron chi connectivity index (χ1n) is 8.10. The molecule has 2 aromatic heterocycles. The summed E-state index contributed by atoms with van der Waals surface area (Å²) in [4.78, 5) is 23.3. The highest BCUT2D eigenvalue weighted by Crippen LogP contribution is 2.23. The molecule has 1 aliphatic heterocycles. The summed E-state index contributed by atoms with van der Waals surface area (Å²) in [6.07, 6.45) is 4.94. The third kappa shape index (κ3) is 3.33. The number of carbonyl (C=O) groups excluding carboxylic acids is 1. The maximum atomic E-state index is 13.0. The molecule has 1 aromatic carbocycles. The molecule has 3 heterocycles. The SMILES string of the molecule is Cl.Cn1ccnc1C1CNCCN1C(=O)c1ccc(-c2ncon2)cc1. The molecule has 0 spiro atoms. The van der Waals surface area contributed by atoms with Gasteiger partial charge in [-0.3, -0.25) is 4.79 Å². The Morgan fingerprint density at radius 1 is 1.27 bits per heavy atom. The van der Waals surface area contributed by atoms with Crippen molar-refractivity contribution in [1.82, 2.24) is 29.9 Å². The Labute approximate surface area is 156 Å². The van der Waals surface area contributed by atoms with Crippen LogP contribution in [0, 0.1) is 0 Å². The summed E-state index contributed by atoms with van der Waals surface area (Å²) in [5.74, 6) is 1.38. The summed E-state index contributed by atoms with van der Waals surface area (Å²) in [6, 6.07) is 7.17. The van der Waals surface area contributed by atoms with Gasteiger partial charge >= 0.3 is 0 Å². The van der Waals surface area contributed by atoms with Gasteiger partial charge in [-0.25, -0.2) is 4.98 Å². The minimum Gasteiger partial charge on any atom is -0.342 e. The van der Waals surface area contributed by atoms with E-state index in [0.717, 1.165) is 17.9 Å². The van der Waals surface area contributed by atoms with Crippen molar-refractivity contribution in [1.29, 1.82) is 0 Å². The molecule has 0 aliphatic carbocycles. The fraction of sp³-hybridized carbons (Fsp3) is 0.294. The lowest BCUT2D eigenvalue weighted by molar-refractivity contribution is 0.0621. The van der Waals surface area contributed by atoms with Crippen LogP contribution >= 0.6 is 12.4 Å². The number of halogens is 1. The molecule has 1 unspecified atom stereocenters. The van der Waals surface area contributed by atoms with Gasteiger partial charge in [0.05, 0.1) is 0 Å². The standard InChI is InChI=1S/C17H18N6O2.ClH/c1-22-8-7-19-16(22)14-10-18-6-9-23(14)17(24)13-4-2-12(3-5-13)15-20-11-25-21-15;/h2-5,7-8,11,14,18H,6,9-10H2,1H3;1H. The number of aromatic nitrogens is 4. The summed E-state index contributed by atoms with van der Waals surface area (Å²) in [7, 11) is 1.94. The number of piperazine rings is 1. The van der Waals surface area contributed by atoms with Crippen LogP contribution in [0.25, 0.3) is 11.4 Å². The molecule has 1 saturated heterocycles. The van der Waals surface area contributed by atoms with E-state index in [2.05, 4.69) is 20.4 Å². The monoisotopic (exact) mass is 374 g/mol. The highest BCUT2D eigenvalue weighted by atomic mass is 35.5. The lowest BCUT2D eigenvalue weighted by Gasteiger charge is -2.35. The molecule has 0 saturated carbocycles. The number of rotatable bonds is 3. The molecule has 1 amide bonds. The number of nitrogens with one attached hydrogen (secondary N) is 1. The summed E-state index contributed by atoms with van der Waals surface area (Å²) in [5, 5.41) is 7.15. The van der Waals surface area contributed by atoms with Gasteiger partial charge in [-0.1, -0.05) is 17.3 Å². The summed E-state index contributed by atoms with van der Waals surface area (Å²) in [5.41, 5.74) is 1.44. The molecule has 136 valence electrons. The minimum atomic E-state index is -0.0851. The number of amides is 1. The Morgan fingerprint density at radius 2 is 2.08 bits per heavy atom. The van der Waals surface area contributed by atoms with E-state index in [4.69, 9.17) is 4.52 Å². The van der Waals surface area contributed by atoms with Crippen molar-refractivity contribution < 1.29 is 9.32 Å². The molecular weight excluding hydrogens is 356 g/mol. The smallest absolute Gasteiger partial charge is 0.254 e.